The second-order valence-corrected chi connectivity index (χ2v) is 3.03. The zero-order chi connectivity index (χ0) is 12.4. The van der Waals surface area contributed by atoms with Crippen LogP contribution in [0.25, 0.3) is 0 Å². The molecule has 0 aliphatic carbocycles. The van der Waals surface area contributed by atoms with E-state index < -0.39 is 0 Å². The lowest BCUT2D eigenvalue weighted by molar-refractivity contribution is 0.960. The Kier molecular flexibility index (Phi) is 8.22. The highest BCUT2D eigenvalue weighted by atomic mass is 15.1. The molecule has 1 aromatic carbocycles. The molecule has 90 valence electrons. The van der Waals surface area contributed by atoms with E-state index >= 15 is 0 Å². The molecule has 0 saturated carbocycles. The topological polar surface area (TPSA) is 24.4 Å². The van der Waals surface area contributed by atoms with E-state index in [0.29, 0.717) is 0 Å². The molecule has 0 amide bonds. The number of nitrogens with one attached hydrogen (secondary N) is 1. The molecular formula is C14H24N2. The minimum atomic E-state index is 0.906. The molecule has 1 aliphatic heterocycles. The molecule has 2 heteroatoms. The SMILES string of the molecule is CC.CC.Cc1cccc(C2=NCCN2)c1. The summed E-state index contributed by atoms with van der Waals surface area (Å²) in [6.07, 6.45) is 0. The maximum atomic E-state index is 4.35. The summed E-state index contributed by atoms with van der Waals surface area (Å²) < 4.78 is 0. The van der Waals surface area contributed by atoms with Crippen LogP contribution in [0.2, 0.25) is 0 Å². The summed E-state index contributed by atoms with van der Waals surface area (Å²) in [5.74, 6) is 1.04. The van der Waals surface area contributed by atoms with Gasteiger partial charge in [0.2, 0.25) is 0 Å². The first-order chi connectivity index (χ1) is 7.86. The van der Waals surface area contributed by atoms with Crippen LogP contribution < -0.4 is 5.32 Å². The van der Waals surface area contributed by atoms with Crippen molar-refractivity contribution >= 4 is 5.84 Å². The highest BCUT2D eigenvalue weighted by molar-refractivity contribution is 5.99. The van der Waals surface area contributed by atoms with Crippen LogP contribution in [0.1, 0.15) is 38.8 Å². The van der Waals surface area contributed by atoms with Crippen molar-refractivity contribution < 1.29 is 0 Å². The van der Waals surface area contributed by atoms with Crippen molar-refractivity contribution in [2.45, 2.75) is 34.6 Å². The molecule has 16 heavy (non-hydrogen) atoms. The van der Waals surface area contributed by atoms with Crippen molar-refractivity contribution in [1.82, 2.24) is 5.32 Å². The fourth-order valence-electron chi connectivity index (χ4n) is 1.38. The minimum absolute atomic E-state index is 0.906. The van der Waals surface area contributed by atoms with Gasteiger partial charge in [0.25, 0.3) is 0 Å². The molecule has 0 fully saturated rings. The summed E-state index contributed by atoms with van der Waals surface area (Å²) in [7, 11) is 0. The average Bonchev–Trinajstić information content (AvgIpc) is 2.88. The monoisotopic (exact) mass is 220 g/mol. The number of amidine groups is 1. The molecule has 2 rings (SSSR count). The number of rotatable bonds is 1. The van der Waals surface area contributed by atoms with Gasteiger partial charge in [-0.15, -0.1) is 0 Å². The largest absolute Gasteiger partial charge is 0.368 e. The zero-order valence-corrected chi connectivity index (χ0v) is 11.2. The molecule has 0 radical (unpaired) electrons. The summed E-state index contributed by atoms with van der Waals surface area (Å²) in [4.78, 5) is 4.35. The molecular weight excluding hydrogens is 196 g/mol. The van der Waals surface area contributed by atoms with E-state index in [-0.39, 0.29) is 0 Å². The molecule has 0 atom stereocenters. The number of hydrogen-bond donors (Lipinski definition) is 1. The van der Waals surface area contributed by atoms with Crippen molar-refractivity contribution in [3.63, 3.8) is 0 Å². The van der Waals surface area contributed by atoms with Gasteiger partial charge in [0.05, 0.1) is 6.54 Å². The smallest absolute Gasteiger partial charge is 0.128 e. The summed E-state index contributed by atoms with van der Waals surface area (Å²) in [6, 6.07) is 8.40. The van der Waals surface area contributed by atoms with Crippen LogP contribution in [0.5, 0.6) is 0 Å². The Bertz CT molecular complexity index is 316. The molecule has 1 aliphatic rings. The zero-order valence-electron chi connectivity index (χ0n) is 11.2. The molecule has 0 unspecified atom stereocenters. The van der Waals surface area contributed by atoms with Gasteiger partial charge in [-0.2, -0.15) is 0 Å². The Morgan fingerprint density at radius 3 is 2.31 bits per heavy atom. The lowest BCUT2D eigenvalue weighted by Gasteiger charge is -2.02. The quantitative estimate of drug-likeness (QED) is 0.770. The first-order valence-corrected chi connectivity index (χ1v) is 6.21. The number of nitrogens with zero attached hydrogens (tertiary/aromatic N) is 1. The summed E-state index contributed by atoms with van der Waals surface area (Å²) >= 11 is 0. The third-order valence-corrected chi connectivity index (χ3v) is 1.97. The van der Waals surface area contributed by atoms with Crippen LogP contribution in [0, 0.1) is 6.92 Å². The number of benzene rings is 1. The Balaban J connectivity index is 0.000000509. The number of aliphatic imine (C=N–C) groups is 1. The van der Waals surface area contributed by atoms with E-state index in [1.165, 1.54) is 11.1 Å². The van der Waals surface area contributed by atoms with Gasteiger partial charge in [-0.3, -0.25) is 4.99 Å². The highest BCUT2D eigenvalue weighted by Gasteiger charge is 2.06. The maximum absolute atomic E-state index is 4.35. The first-order valence-electron chi connectivity index (χ1n) is 6.21. The van der Waals surface area contributed by atoms with E-state index in [1.54, 1.807) is 0 Å². The Morgan fingerprint density at radius 1 is 1.12 bits per heavy atom. The fourth-order valence-corrected chi connectivity index (χ4v) is 1.38. The molecule has 1 heterocycles. The third-order valence-electron chi connectivity index (χ3n) is 1.97. The molecule has 0 aromatic heterocycles. The maximum Gasteiger partial charge on any atom is 0.128 e. The summed E-state index contributed by atoms with van der Waals surface area (Å²) in [5, 5.41) is 3.25. The van der Waals surface area contributed by atoms with Crippen molar-refractivity contribution in [1.29, 1.82) is 0 Å². The lowest BCUT2D eigenvalue weighted by Crippen LogP contribution is -2.19. The van der Waals surface area contributed by atoms with Gasteiger partial charge in [0.15, 0.2) is 0 Å². The van der Waals surface area contributed by atoms with Crippen LogP contribution in [-0.2, 0) is 0 Å². The molecule has 0 saturated heterocycles. The Morgan fingerprint density at radius 2 is 1.81 bits per heavy atom. The molecule has 1 aromatic rings. The van der Waals surface area contributed by atoms with Gasteiger partial charge in [-0.25, -0.2) is 0 Å². The number of hydrogen-bond acceptors (Lipinski definition) is 2. The van der Waals surface area contributed by atoms with Gasteiger partial charge >= 0.3 is 0 Å². The summed E-state index contributed by atoms with van der Waals surface area (Å²) in [6.45, 7) is 12.0. The van der Waals surface area contributed by atoms with Crippen molar-refractivity contribution in [3.8, 4) is 0 Å². The molecule has 0 bridgehead atoms. The highest BCUT2D eigenvalue weighted by Crippen LogP contribution is 2.05. The summed E-state index contributed by atoms with van der Waals surface area (Å²) in [5.41, 5.74) is 2.48. The van der Waals surface area contributed by atoms with Gasteiger partial charge < -0.3 is 5.32 Å². The predicted molar refractivity (Wildman–Crippen MR) is 73.3 cm³/mol. The van der Waals surface area contributed by atoms with Gasteiger partial charge in [0.1, 0.15) is 5.84 Å². The second-order valence-electron chi connectivity index (χ2n) is 3.03. The van der Waals surface area contributed by atoms with Crippen LogP contribution in [0.3, 0.4) is 0 Å². The van der Waals surface area contributed by atoms with Crippen molar-refractivity contribution in [2.24, 2.45) is 4.99 Å². The molecule has 1 N–H and O–H groups in total. The van der Waals surface area contributed by atoms with E-state index in [1.807, 2.05) is 27.7 Å². The van der Waals surface area contributed by atoms with Crippen LogP contribution in [0.4, 0.5) is 0 Å². The van der Waals surface area contributed by atoms with E-state index in [4.69, 9.17) is 0 Å². The Labute approximate surface area is 99.8 Å². The van der Waals surface area contributed by atoms with Crippen LogP contribution in [-0.4, -0.2) is 18.9 Å². The normalized spacial score (nSPS) is 12.4. The van der Waals surface area contributed by atoms with E-state index in [2.05, 4.69) is 41.5 Å². The second kappa shape index (κ2) is 8.96. The average molecular weight is 220 g/mol. The molecule has 0 spiro atoms. The lowest BCUT2D eigenvalue weighted by atomic mass is 10.1. The van der Waals surface area contributed by atoms with E-state index in [9.17, 15) is 0 Å². The van der Waals surface area contributed by atoms with Gasteiger partial charge in [-0.05, 0) is 13.0 Å². The van der Waals surface area contributed by atoms with Crippen LogP contribution >= 0.6 is 0 Å². The molecule has 2 nitrogen and oxygen atoms in total. The van der Waals surface area contributed by atoms with Gasteiger partial charge in [-0.1, -0.05) is 51.5 Å². The van der Waals surface area contributed by atoms with Crippen LogP contribution in [0.15, 0.2) is 29.3 Å². The third kappa shape index (κ3) is 4.47. The Hall–Kier alpha value is -1.31. The standard InChI is InChI=1S/C10H12N2.2C2H6/c1-8-3-2-4-9(7-8)10-11-5-6-12-10;2*1-2/h2-4,7H,5-6H2,1H3,(H,11,12);2*1-2H3. The van der Waals surface area contributed by atoms with Gasteiger partial charge in [0, 0.05) is 12.1 Å². The fraction of sp³-hybridized carbons (Fsp3) is 0.500. The van der Waals surface area contributed by atoms with Crippen molar-refractivity contribution in [2.75, 3.05) is 13.1 Å². The van der Waals surface area contributed by atoms with E-state index in [0.717, 1.165) is 18.9 Å². The minimum Gasteiger partial charge on any atom is -0.368 e. The van der Waals surface area contributed by atoms with Crippen molar-refractivity contribution in [3.05, 3.63) is 35.4 Å². The number of aryl methyl sites for hydroxylation is 1. The first kappa shape index (κ1) is 14.7. The predicted octanol–water partition coefficient (Wildman–Crippen LogP) is 3.40.